The van der Waals surface area contributed by atoms with E-state index in [1.807, 2.05) is 48.5 Å². The topological polar surface area (TPSA) is 63.2 Å². The van der Waals surface area contributed by atoms with Crippen molar-refractivity contribution in [3.63, 3.8) is 0 Å². The second-order valence-electron chi connectivity index (χ2n) is 5.25. The summed E-state index contributed by atoms with van der Waals surface area (Å²) >= 11 is 3.38. The summed E-state index contributed by atoms with van der Waals surface area (Å²) in [4.78, 5) is 16.6. The van der Waals surface area contributed by atoms with Crippen LogP contribution in [-0.4, -0.2) is 18.0 Å². The Labute approximate surface area is 154 Å². The molecule has 1 aromatic heterocycles. The van der Waals surface area contributed by atoms with Gasteiger partial charge in [0, 0.05) is 28.1 Å². The maximum atomic E-state index is 12.3. The van der Waals surface area contributed by atoms with Gasteiger partial charge in [-0.05, 0) is 42.5 Å². The second-order valence-corrected chi connectivity index (χ2v) is 6.17. The molecule has 0 bridgehead atoms. The minimum atomic E-state index is -0.210. The minimum absolute atomic E-state index is 0.210. The van der Waals surface area contributed by atoms with Gasteiger partial charge in [-0.1, -0.05) is 28.1 Å². The Morgan fingerprint density at radius 3 is 2.56 bits per heavy atom. The minimum Gasteiger partial charge on any atom is -0.497 e. The molecule has 3 aromatic rings. The molecule has 0 atom stereocenters. The number of carbonyl (C=O) groups is 1. The van der Waals surface area contributed by atoms with Crippen LogP contribution in [0.3, 0.4) is 0 Å². The molecule has 126 valence electrons. The van der Waals surface area contributed by atoms with Crippen molar-refractivity contribution in [2.45, 2.75) is 0 Å². The van der Waals surface area contributed by atoms with Crippen LogP contribution in [0.15, 0.2) is 71.3 Å². The lowest BCUT2D eigenvalue weighted by Gasteiger charge is -2.09. The monoisotopic (exact) mass is 397 g/mol. The molecule has 2 N–H and O–H groups in total. The number of rotatable bonds is 5. The molecule has 0 aliphatic rings. The molecule has 0 spiro atoms. The number of benzene rings is 2. The van der Waals surface area contributed by atoms with E-state index in [-0.39, 0.29) is 5.91 Å². The Balaban J connectivity index is 1.68. The summed E-state index contributed by atoms with van der Waals surface area (Å²) in [7, 11) is 1.62. The van der Waals surface area contributed by atoms with Crippen LogP contribution in [0.4, 0.5) is 17.2 Å². The number of hydrogen-bond donors (Lipinski definition) is 2. The van der Waals surface area contributed by atoms with Crippen LogP contribution in [-0.2, 0) is 0 Å². The maximum absolute atomic E-state index is 12.3. The smallest absolute Gasteiger partial charge is 0.257 e. The first kappa shape index (κ1) is 17.0. The third-order valence-electron chi connectivity index (χ3n) is 3.45. The van der Waals surface area contributed by atoms with Crippen LogP contribution in [0.2, 0.25) is 0 Å². The van der Waals surface area contributed by atoms with Gasteiger partial charge in [-0.2, -0.15) is 0 Å². The standard InChI is InChI=1S/C19H16BrN3O2/c1-25-17-7-3-6-16(11-17)22-18-9-8-13(12-21-18)19(24)23-15-5-2-4-14(20)10-15/h2-12H,1H3,(H,21,22)(H,23,24). The van der Waals surface area contributed by atoms with Gasteiger partial charge in [0.2, 0.25) is 0 Å². The summed E-state index contributed by atoms with van der Waals surface area (Å²) in [6, 6.07) is 18.5. The fraction of sp³-hybridized carbons (Fsp3) is 0.0526. The molecule has 0 saturated heterocycles. The van der Waals surface area contributed by atoms with Gasteiger partial charge in [0.25, 0.3) is 5.91 Å². The summed E-state index contributed by atoms with van der Waals surface area (Å²) in [6.07, 6.45) is 1.54. The second kappa shape index (κ2) is 7.81. The van der Waals surface area contributed by atoms with Crippen LogP contribution < -0.4 is 15.4 Å². The molecule has 0 fully saturated rings. The highest BCUT2D eigenvalue weighted by Gasteiger charge is 2.07. The molecule has 6 heteroatoms. The molecule has 0 radical (unpaired) electrons. The highest BCUT2D eigenvalue weighted by molar-refractivity contribution is 9.10. The number of hydrogen-bond acceptors (Lipinski definition) is 4. The van der Waals surface area contributed by atoms with Gasteiger partial charge in [-0.3, -0.25) is 4.79 Å². The Hall–Kier alpha value is -2.86. The van der Waals surface area contributed by atoms with E-state index in [1.165, 1.54) is 6.20 Å². The normalized spacial score (nSPS) is 10.2. The largest absolute Gasteiger partial charge is 0.497 e. The Morgan fingerprint density at radius 2 is 1.84 bits per heavy atom. The molecule has 0 aliphatic carbocycles. The number of halogens is 1. The molecular weight excluding hydrogens is 382 g/mol. The zero-order valence-corrected chi connectivity index (χ0v) is 15.1. The molecule has 5 nitrogen and oxygen atoms in total. The van der Waals surface area contributed by atoms with Crippen molar-refractivity contribution in [2.24, 2.45) is 0 Å². The van der Waals surface area contributed by atoms with Crippen molar-refractivity contribution in [2.75, 3.05) is 17.7 Å². The lowest BCUT2D eigenvalue weighted by molar-refractivity contribution is 0.102. The van der Waals surface area contributed by atoms with Crippen molar-refractivity contribution in [3.05, 3.63) is 76.9 Å². The van der Waals surface area contributed by atoms with E-state index >= 15 is 0 Å². The number of ether oxygens (including phenoxy) is 1. The Kier molecular flexibility index (Phi) is 5.30. The molecule has 2 aromatic carbocycles. The van der Waals surface area contributed by atoms with Crippen LogP contribution in [0.1, 0.15) is 10.4 Å². The van der Waals surface area contributed by atoms with Gasteiger partial charge in [0.15, 0.2) is 0 Å². The van der Waals surface area contributed by atoms with Gasteiger partial charge in [0.1, 0.15) is 11.6 Å². The number of nitrogens with one attached hydrogen (secondary N) is 2. The van der Waals surface area contributed by atoms with Crippen molar-refractivity contribution >= 4 is 39.0 Å². The van der Waals surface area contributed by atoms with Crippen molar-refractivity contribution in [1.82, 2.24) is 4.98 Å². The summed E-state index contributed by atoms with van der Waals surface area (Å²) in [5.41, 5.74) is 2.06. The SMILES string of the molecule is COc1cccc(Nc2ccc(C(=O)Nc3cccc(Br)c3)cn2)c1. The van der Waals surface area contributed by atoms with Crippen LogP contribution in [0.25, 0.3) is 0 Å². The van der Waals surface area contributed by atoms with E-state index in [1.54, 1.807) is 19.2 Å². The van der Waals surface area contributed by atoms with E-state index in [0.29, 0.717) is 11.4 Å². The Morgan fingerprint density at radius 1 is 1.04 bits per heavy atom. The van der Waals surface area contributed by atoms with E-state index in [4.69, 9.17) is 4.74 Å². The first-order valence-electron chi connectivity index (χ1n) is 7.58. The van der Waals surface area contributed by atoms with Crippen LogP contribution >= 0.6 is 15.9 Å². The number of pyridine rings is 1. The number of carbonyl (C=O) groups excluding carboxylic acids is 1. The predicted octanol–water partition coefficient (Wildman–Crippen LogP) is 4.85. The number of aromatic nitrogens is 1. The average molecular weight is 398 g/mol. The lowest BCUT2D eigenvalue weighted by atomic mass is 10.2. The molecule has 1 amide bonds. The van der Waals surface area contributed by atoms with E-state index < -0.39 is 0 Å². The number of amides is 1. The quantitative estimate of drug-likeness (QED) is 0.645. The molecule has 1 heterocycles. The molecule has 0 aliphatic heterocycles. The maximum Gasteiger partial charge on any atom is 0.257 e. The third kappa shape index (κ3) is 4.58. The van der Waals surface area contributed by atoms with Gasteiger partial charge in [0.05, 0.1) is 12.7 Å². The fourth-order valence-electron chi connectivity index (χ4n) is 2.22. The van der Waals surface area contributed by atoms with Gasteiger partial charge in [-0.15, -0.1) is 0 Å². The van der Waals surface area contributed by atoms with Crippen molar-refractivity contribution in [1.29, 1.82) is 0 Å². The zero-order valence-electron chi connectivity index (χ0n) is 13.5. The highest BCUT2D eigenvalue weighted by Crippen LogP contribution is 2.21. The first-order chi connectivity index (χ1) is 12.1. The zero-order chi connectivity index (χ0) is 17.6. The van der Waals surface area contributed by atoms with Gasteiger partial charge < -0.3 is 15.4 Å². The Bertz CT molecular complexity index is 882. The molecule has 25 heavy (non-hydrogen) atoms. The van der Waals surface area contributed by atoms with Gasteiger partial charge >= 0.3 is 0 Å². The summed E-state index contributed by atoms with van der Waals surface area (Å²) in [5, 5.41) is 6.01. The van der Waals surface area contributed by atoms with E-state index in [2.05, 4.69) is 31.5 Å². The van der Waals surface area contributed by atoms with E-state index in [0.717, 1.165) is 21.6 Å². The number of nitrogens with zero attached hydrogens (tertiary/aromatic N) is 1. The highest BCUT2D eigenvalue weighted by atomic mass is 79.9. The van der Waals surface area contributed by atoms with Crippen LogP contribution in [0, 0.1) is 0 Å². The van der Waals surface area contributed by atoms with Crippen molar-refractivity contribution < 1.29 is 9.53 Å². The fourth-order valence-corrected chi connectivity index (χ4v) is 2.62. The molecular formula is C19H16BrN3O2. The number of anilines is 3. The number of methoxy groups -OCH3 is 1. The third-order valence-corrected chi connectivity index (χ3v) is 3.94. The first-order valence-corrected chi connectivity index (χ1v) is 8.37. The summed E-state index contributed by atoms with van der Waals surface area (Å²) in [5.74, 6) is 1.20. The molecule has 0 saturated carbocycles. The summed E-state index contributed by atoms with van der Waals surface area (Å²) in [6.45, 7) is 0. The molecule has 0 unspecified atom stereocenters. The van der Waals surface area contributed by atoms with E-state index in [9.17, 15) is 4.79 Å². The predicted molar refractivity (Wildman–Crippen MR) is 103 cm³/mol. The lowest BCUT2D eigenvalue weighted by Crippen LogP contribution is -2.12. The van der Waals surface area contributed by atoms with Gasteiger partial charge in [-0.25, -0.2) is 4.98 Å². The average Bonchev–Trinajstić information content (AvgIpc) is 2.62. The molecule has 3 rings (SSSR count). The van der Waals surface area contributed by atoms with Crippen molar-refractivity contribution in [3.8, 4) is 5.75 Å². The summed E-state index contributed by atoms with van der Waals surface area (Å²) < 4.78 is 6.10. The van der Waals surface area contributed by atoms with Crippen LogP contribution in [0.5, 0.6) is 5.75 Å².